The van der Waals surface area contributed by atoms with Crippen LogP contribution in [0.1, 0.15) is 43.0 Å². The Bertz CT molecular complexity index is 623. The molecule has 0 bridgehead atoms. The number of nitrogens with zero attached hydrogens (tertiary/aromatic N) is 1. The molecule has 1 heterocycles. The molecule has 1 saturated heterocycles. The number of carbonyl (C=O) groups excluding carboxylic acids is 2. The van der Waals surface area contributed by atoms with E-state index in [0.29, 0.717) is 24.7 Å². The van der Waals surface area contributed by atoms with Crippen LogP contribution in [0.25, 0.3) is 0 Å². The van der Waals surface area contributed by atoms with Crippen molar-refractivity contribution in [2.75, 3.05) is 25.0 Å². The second kappa shape index (κ2) is 7.30. The van der Waals surface area contributed by atoms with Gasteiger partial charge in [-0.05, 0) is 56.3 Å². The number of benzene rings is 1. The van der Waals surface area contributed by atoms with Gasteiger partial charge in [0.1, 0.15) is 5.82 Å². The number of anilines is 1. The normalized spacial score (nSPS) is 18.5. The van der Waals surface area contributed by atoms with Crippen LogP contribution in [0.2, 0.25) is 0 Å². The van der Waals surface area contributed by atoms with Gasteiger partial charge in [0.25, 0.3) is 5.91 Å². The Kier molecular flexibility index (Phi) is 5.14. The minimum absolute atomic E-state index is 0.0503. The standard InChI is InChI=1S/C18H24FN3O2/c1-12(23)21-17-10-14(4-5-16(17)19)18(24)22-8-6-15(7-9-22)20-11-13-2-3-13/h4-5,10,13,15,20H,2-3,6-9,11H2,1H3,(H,21,23). The molecule has 1 aliphatic heterocycles. The van der Waals surface area contributed by atoms with Crippen LogP contribution in [-0.2, 0) is 4.79 Å². The summed E-state index contributed by atoms with van der Waals surface area (Å²) in [5.74, 6) is -0.149. The first kappa shape index (κ1) is 16.9. The second-order valence-electron chi connectivity index (χ2n) is 6.79. The summed E-state index contributed by atoms with van der Waals surface area (Å²) in [4.78, 5) is 25.5. The third kappa shape index (κ3) is 4.32. The average Bonchev–Trinajstić information content (AvgIpc) is 3.39. The third-order valence-corrected chi connectivity index (χ3v) is 4.70. The number of hydrogen-bond acceptors (Lipinski definition) is 3. The number of halogens is 1. The lowest BCUT2D eigenvalue weighted by Gasteiger charge is -2.32. The molecule has 6 heteroatoms. The molecule has 2 aliphatic rings. The van der Waals surface area contributed by atoms with Gasteiger partial charge in [-0.2, -0.15) is 0 Å². The molecule has 0 atom stereocenters. The minimum Gasteiger partial charge on any atom is -0.339 e. The Labute approximate surface area is 141 Å². The van der Waals surface area contributed by atoms with Crippen molar-refractivity contribution in [1.29, 1.82) is 0 Å². The van der Waals surface area contributed by atoms with E-state index in [2.05, 4.69) is 10.6 Å². The Hall–Kier alpha value is -1.95. The van der Waals surface area contributed by atoms with Gasteiger partial charge >= 0.3 is 0 Å². The summed E-state index contributed by atoms with van der Waals surface area (Å²) in [7, 11) is 0. The van der Waals surface area contributed by atoms with Gasteiger partial charge in [-0.3, -0.25) is 9.59 Å². The fourth-order valence-electron chi connectivity index (χ4n) is 3.07. The van der Waals surface area contributed by atoms with Crippen molar-refractivity contribution in [3.05, 3.63) is 29.6 Å². The maximum atomic E-state index is 13.7. The van der Waals surface area contributed by atoms with E-state index in [1.165, 1.54) is 38.0 Å². The number of amides is 2. The molecule has 2 N–H and O–H groups in total. The largest absolute Gasteiger partial charge is 0.339 e. The Morgan fingerprint density at radius 3 is 2.54 bits per heavy atom. The number of hydrogen-bond donors (Lipinski definition) is 2. The molecule has 3 rings (SSSR count). The maximum Gasteiger partial charge on any atom is 0.253 e. The quantitative estimate of drug-likeness (QED) is 0.870. The summed E-state index contributed by atoms with van der Waals surface area (Å²) >= 11 is 0. The van der Waals surface area contributed by atoms with Crippen LogP contribution in [0.15, 0.2) is 18.2 Å². The fraction of sp³-hybridized carbons (Fsp3) is 0.556. The molecule has 1 aliphatic carbocycles. The zero-order valence-electron chi connectivity index (χ0n) is 14.0. The first-order chi connectivity index (χ1) is 11.5. The van der Waals surface area contributed by atoms with E-state index in [1.54, 1.807) is 4.90 Å². The highest BCUT2D eigenvalue weighted by atomic mass is 19.1. The molecule has 1 aromatic rings. The van der Waals surface area contributed by atoms with Crippen molar-refractivity contribution < 1.29 is 14.0 Å². The molecule has 0 radical (unpaired) electrons. The monoisotopic (exact) mass is 333 g/mol. The lowest BCUT2D eigenvalue weighted by molar-refractivity contribution is -0.114. The summed E-state index contributed by atoms with van der Waals surface area (Å²) in [5.41, 5.74) is 0.457. The minimum atomic E-state index is -0.537. The maximum absolute atomic E-state index is 13.7. The molecule has 130 valence electrons. The molecular formula is C18H24FN3O2. The van der Waals surface area contributed by atoms with Crippen LogP contribution in [-0.4, -0.2) is 42.4 Å². The van der Waals surface area contributed by atoms with Gasteiger partial charge in [-0.1, -0.05) is 0 Å². The molecule has 1 saturated carbocycles. The Morgan fingerprint density at radius 1 is 1.21 bits per heavy atom. The van der Waals surface area contributed by atoms with E-state index in [4.69, 9.17) is 0 Å². The predicted molar refractivity (Wildman–Crippen MR) is 90.4 cm³/mol. The molecule has 0 aromatic heterocycles. The Morgan fingerprint density at radius 2 is 1.92 bits per heavy atom. The SMILES string of the molecule is CC(=O)Nc1cc(C(=O)N2CCC(NCC3CC3)CC2)ccc1F. The van der Waals surface area contributed by atoms with Gasteiger partial charge in [0.15, 0.2) is 0 Å². The summed E-state index contributed by atoms with van der Waals surface area (Å²) in [6.07, 6.45) is 4.56. The van der Waals surface area contributed by atoms with E-state index in [-0.39, 0.29) is 17.5 Å². The smallest absolute Gasteiger partial charge is 0.253 e. The van der Waals surface area contributed by atoms with E-state index >= 15 is 0 Å². The molecular weight excluding hydrogens is 309 g/mol. The van der Waals surface area contributed by atoms with Crippen LogP contribution in [0.4, 0.5) is 10.1 Å². The molecule has 2 amide bonds. The summed E-state index contributed by atoms with van der Waals surface area (Å²) in [5, 5.41) is 6.00. The lowest BCUT2D eigenvalue weighted by atomic mass is 10.0. The van der Waals surface area contributed by atoms with Crippen LogP contribution < -0.4 is 10.6 Å². The molecule has 5 nitrogen and oxygen atoms in total. The van der Waals surface area contributed by atoms with Gasteiger partial charge < -0.3 is 15.5 Å². The summed E-state index contributed by atoms with van der Waals surface area (Å²) in [6, 6.07) is 4.59. The first-order valence-electron chi connectivity index (χ1n) is 8.62. The summed E-state index contributed by atoms with van der Waals surface area (Å²) < 4.78 is 13.7. The molecule has 1 aromatic carbocycles. The molecule has 24 heavy (non-hydrogen) atoms. The zero-order valence-corrected chi connectivity index (χ0v) is 14.0. The van der Waals surface area contributed by atoms with Gasteiger partial charge in [-0.25, -0.2) is 4.39 Å². The highest BCUT2D eigenvalue weighted by Crippen LogP contribution is 2.28. The number of piperidine rings is 1. The van der Waals surface area contributed by atoms with Crippen LogP contribution in [0.3, 0.4) is 0 Å². The van der Waals surface area contributed by atoms with Crippen molar-refractivity contribution in [3.8, 4) is 0 Å². The number of carbonyl (C=O) groups is 2. The molecule has 0 spiro atoms. The molecule has 0 unspecified atom stereocenters. The fourth-order valence-corrected chi connectivity index (χ4v) is 3.07. The van der Waals surface area contributed by atoms with E-state index in [9.17, 15) is 14.0 Å². The number of nitrogens with one attached hydrogen (secondary N) is 2. The Balaban J connectivity index is 1.57. The topological polar surface area (TPSA) is 61.4 Å². The van der Waals surface area contributed by atoms with Gasteiger partial charge in [0, 0.05) is 31.6 Å². The van der Waals surface area contributed by atoms with E-state index in [0.717, 1.165) is 25.3 Å². The van der Waals surface area contributed by atoms with Crippen molar-refractivity contribution >= 4 is 17.5 Å². The van der Waals surface area contributed by atoms with Crippen molar-refractivity contribution in [3.63, 3.8) is 0 Å². The number of likely N-dealkylation sites (tertiary alicyclic amines) is 1. The average molecular weight is 333 g/mol. The predicted octanol–water partition coefficient (Wildman–Crippen LogP) is 2.39. The van der Waals surface area contributed by atoms with E-state index in [1.807, 2.05) is 0 Å². The molecule has 2 fully saturated rings. The zero-order chi connectivity index (χ0) is 17.1. The second-order valence-corrected chi connectivity index (χ2v) is 6.79. The van der Waals surface area contributed by atoms with Crippen molar-refractivity contribution in [2.24, 2.45) is 5.92 Å². The summed E-state index contributed by atoms with van der Waals surface area (Å²) in [6.45, 7) is 3.81. The van der Waals surface area contributed by atoms with Crippen molar-refractivity contribution in [1.82, 2.24) is 10.2 Å². The van der Waals surface area contributed by atoms with Crippen LogP contribution in [0, 0.1) is 11.7 Å². The number of rotatable bonds is 5. The van der Waals surface area contributed by atoms with Gasteiger partial charge in [0.05, 0.1) is 5.69 Å². The highest BCUT2D eigenvalue weighted by molar-refractivity contribution is 5.97. The third-order valence-electron chi connectivity index (χ3n) is 4.70. The van der Waals surface area contributed by atoms with E-state index < -0.39 is 5.82 Å². The van der Waals surface area contributed by atoms with Crippen molar-refractivity contribution in [2.45, 2.75) is 38.6 Å². The van der Waals surface area contributed by atoms with Crippen LogP contribution >= 0.6 is 0 Å². The first-order valence-corrected chi connectivity index (χ1v) is 8.62. The van der Waals surface area contributed by atoms with Crippen LogP contribution in [0.5, 0.6) is 0 Å². The van der Waals surface area contributed by atoms with Gasteiger partial charge in [0.2, 0.25) is 5.91 Å². The van der Waals surface area contributed by atoms with Gasteiger partial charge in [-0.15, -0.1) is 0 Å². The highest BCUT2D eigenvalue weighted by Gasteiger charge is 2.26. The lowest BCUT2D eigenvalue weighted by Crippen LogP contribution is -2.45.